The van der Waals surface area contributed by atoms with Crippen molar-refractivity contribution in [1.82, 2.24) is 19.7 Å². The van der Waals surface area contributed by atoms with E-state index in [1.807, 2.05) is 0 Å². The van der Waals surface area contributed by atoms with E-state index in [1.54, 1.807) is 36.2 Å². The van der Waals surface area contributed by atoms with Crippen molar-refractivity contribution in [1.29, 1.82) is 0 Å². The number of likely N-dealkylation sites (N-methyl/N-ethyl adjacent to an activating group) is 1. The molecular formula is C18H18N4O4. The molecule has 3 heterocycles. The number of aromatic nitrogens is 1. The average molecular weight is 354 g/mol. The first-order chi connectivity index (χ1) is 12.3. The van der Waals surface area contributed by atoms with Gasteiger partial charge in [0.15, 0.2) is 0 Å². The highest BCUT2D eigenvalue weighted by Gasteiger charge is 2.54. The van der Waals surface area contributed by atoms with Gasteiger partial charge in [0.2, 0.25) is 0 Å². The Hall–Kier alpha value is -3.16. The highest BCUT2D eigenvalue weighted by Crippen LogP contribution is 2.29. The van der Waals surface area contributed by atoms with E-state index in [1.165, 1.54) is 17.8 Å². The summed E-state index contributed by atoms with van der Waals surface area (Å²) in [5.74, 6) is -0.576. The molecule has 8 nitrogen and oxygen atoms in total. The summed E-state index contributed by atoms with van der Waals surface area (Å²) in [6, 6.07) is 6.52. The summed E-state index contributed by atoms with van der Waals surface area (Å²) in [6.07, 6.45) is 1.90. The fourth-order valence-electron chi connectivity index (χ4n) is 3.77. The number of carbonyl (C=O) groups is 3. The number of hydrogen-bond donors (Lipinski definition) is 1. The van der Waals surface area contributed by atoms with Gasteiger partial charge in [0.25, 0.3) is 17.4 Å². The third kappa shape index (κ3) is 2.15. The first-order valence-corrected chi connectivity index (χ1v) is 8.32. The number of imide groups is 1. The summed E-state index contributed by atoms with van der Waals surface area (Å²) in [7, 11) is 3.03. The predicted octanol–water partition coefficient (Wildman–Crippen LogP) is 0.305. The lowest BCUT2D eigenvalue weighted by Crippen LogP contribution is -2.49. The SMILES string of the molecule is CN1C(=O)NC2(CCN(C(=O)c3cn(C)c(=O)c4ccccc34)C2)C1=O. The molecule has 0 bridgehead atoms. The average Bonchev–Trinajstić information content (AvgIpc) is 3.15. The highest BCUT2D eigenvalue weighted by molar-refractivity contribution is 6.09. The van der Waals surface area contributed by atoms with Crippen molar-refractivity contribution in [2.75, 3.05) is 20.1 Å². The maximum Gasteiger partial charge on any atom is 0.324 e. The van der Waals surface area contributed by atoms with Gasteiger partial charge < -0.3 is 14.8 Å². The second kappa shape index (κ2) is 5.42. The topological polar surface area (TPSA) is 91.7 Å². The van der Waals surface area contributed by atoms with E-state index in [0.717, 1.165) is 4.90 Å². The van der Waals surface area contributed by atoms with Crippen LogP contribution in [0.15, 0.2) is 35.3 Å². The zero-order valence-corrected chi connectivity index (χ0v) is 14.5. The molecule has 8 heteroatoms. The minimum atomic E-state index is -1.04. The van der Waals surface area contributed by atoms with E-state index in [-0.39, 0.29) is 23.9 Å². The molecule has 1 atom stereocenters. The molecule has 0 radical (unpaired) electrons. The second-order valence-corrected chi connectivity index (χ2v) is 6.86. The van der Waals surface area contributed by atoms with Crippen molar-refractivity contribution < 1.29 is 14.4 Å². The van der Waals surface area contributed by atoms with Gasteiger partial charge in [0.1, 0.15) is 5.54 Å². The quantitative estimate of drug-likeness (QED) is 0.746. The van der Waals surface area contributed by atoms with Gasteiger partial charge in [-0.2, -0.15) is 0 Å². The van der Waals surface area contributed by atoms with E-state index in [4.69, 9.17) is 0 Å². The van der Waals surface area contributed by atoms with Crippen LogP contribution in [-0.4, -0.2) is 57.9 Å². The Bertz CT molecular complexity index is 1030. The zero-order chi connectivity index (χ0) is 18.6. The summed E-state index contributed by atoms with van der Waals surface area (Å²) >= 11 is 0. The normalized spacial score (nSPS) is 22.5. The summed E-state index contributed by atoms with van der Waals surface area (Å²) in [5, 5.41) is 3.77. The molecule has 1 unspecified atom stereocenters. The molecule has 0 saturated carbocycles. The Labute approximate surface area is 149 Å². The summed E-state index contributed by atoms with van der Waals surface area (Å²) < 4.78 is 1.39. The van der Waals surface area contributed by atoms with Crippen molar-refractivity contribution in [2.24, 2.45) is 7.05 Å². The molecule has 4 rings (SSSR count). The van der Waals surface area contributed by atoms with Crippen molar-refractivity contribution in [3.05, 3.63) is 46.4 Å². The molecule has 134 valence electrons. The Morgan fingerprint density at radius 1 is 1.12 bits per heavy atom. The van der Waals surface area contributed by atoms with Gasteiger partial charge in [-0.05, 0) is 12.5 Å². The largest absolute Gasteiger partial charge is 0.336 e. The highest BCUT2D eigenvalue weighted by atomic mass is 16.2. The van der Waals surface area contributed by atoms with Crippen molar-refractivity contribution >= 4 is 28.6 Å². The molecule has 1 aromatic carbocycles. The molecule has 2 aromatic rings. The third-order valence-electron chi connectivity index (χ3n) is 5.24. The van der Waals surface area contributed by atoms with Gasteiger partial charge >= 0.3 is 6.03 Å². The second-order valence-electron chi connectivity index (χ2n) is 6.86. The number of likely N-dealkylation sites (tertiary alicyclic amines) is 1. The number of hydrogen-bond acceptors (Lipinski definition) is 4. The molecule has 2 fully saturated rings. The molecule has 1 aromatic heterocycles. The number of aryl methyl sites for hydroxylation is 1. The maximum atomic E-state index is 13.1. The molecule has 2 aliphatic heterocycles. The van der Waals surface area contributed by atoms with E-state index >= 15 is 0 Å². The lowest BCUT2D eigenvalue weighted by molar-refractivity contribution is -0.129. The summed E-state index contributed by atoms with van der Waals surface area (Å²) in [6.45, 7) is 0.480. The van der Waals surface area contributed by atoms with E-state index in [2.05, 4.69) is 5.32 Å². The van der Waals surface area contributed by atoms with Gasteiger partial charge in [-0.3, -0.25) is 19.3 Å². The Morgan fingerprint density at radius 3 is 2.46 bits per heavy atom. The Kier molecular flexibility index (Phi) is 3.40. The number of carbonyl (C=O) groups excluding carboxylic acids is 3. The van der Waals surface area contributed by atoms with Crippen LogP contribution in [-0.2, 0) is 11.8 Å². The fraction of sp³-hybridized carbons (Fsp3) is 0.333. The van der Waals surface area contributed by atoms with Crippen LogP contribution in [0, 0.1) is 0 Å². The molecule has 1 spiro atoms. The van der Waals surface area contributed by atoms with Gasteiger partial charge in [0.05, 0.1) is 12.1 Å². The Balaban J connectivity index is 1.71. The third-order valence-corrected chi connectivity index (χ3v) is 5.24. The predicted molar refractivity (Wildman–Crippen MR) is 93.7 cm³/mol. The molecule has 26 heavy (non-hydrogen) atoms. The van der Waals surface area contributed by atoms with Crippen LogP contribution >= 0.6 is 0 Å². The van der Waals surface area contributed by atoms with E-state index in [0.29, 0.717) is 29.3 Å². The van der Waals surface area contributed by atoms with Crippen LogP contribution in [0.2, 0.25) is 0 Å². The first-order valence-electron chi connectivity index (χ1n) is 8.32. The molecule has 4 amide bonds. The monoisotopic (exact) mass is 354 g/mol. The number of urea groups is 1. The van der Waals surface area contributed by atoms with Crippen molar-refractivity contribution in [3.8, 4) is 0 Å². The molecular weight excluding hydrogens is 336 g/mol. The maximum absolute atomic E-state index is 13.1. The van der Waals surface area contributed by atoms with Crippen LogP contribution in [0.4, 0.5) is 4.79 Å². The van der Waals surface area contributed by atoms with Crippen molar-refractivity contribution in [2.45, 2.75) is 12.0 Å². The fourth-order valence-corrected chi connectivity index (χ4v) is 3.77. The molecule has 2 aliphatic rings. The van der Waals surface area contributed by atoms with E-state index < -0.39 is 11.6 Å². The summed E-state index contributed by atoms with van der Waals surface area (Å²) in [5.41, 5.74) is -0.808. The minimum absolute atomic E-state index is 0.123. The van der Waals surface area contributed by atoms with Crippen molar-refractivity contribution in [3.63, 3.8) is 0 Å². The number of amides is 4. The first kappa shape index (κ1) is 16.3. The van der Waals surface area contributed by atoms with Crippen LogP contribution < -0.4 is 10.9 Å². The van der Waals surface area contributed by atoms with Crippen LogP contribution in [0.25, 0.3) is 10.8 Å². The standard InChI is InChI=1S/C18H18N4O4/c1-20-9-13(11-5-3-4-6-12(11)14(20)23)15(24)22-8-7-18(10-22)16(25)21(2)17(26)19-18/h3-6,9H,7-8,10H2,1-2H3,(H,19,26). The number of nitrogens with one attached hydrogen (secondary N) is 1. The van der Waals surface area contributed by atoms with Gasteiger partial charge in [-0.1, -0.05) is 18.2 Å². The van der Waals surface area contributed by atoms with Gasteiger partial charge in [-0.15, -0.1) is 0 Å². The number of nitrogens with zero attached hydrogens (tertiary/aromatic N) is 3. The summed E-state index contributed by atoms with van der Waals surface area (Å²) in [4.78, 5) is 52.2. The minimum Gasteiger partial charge on any atom is -0.336 e. The number of benzene rings is 1. The number of pyridine rings is 1. The van der Waals surface area contributed by atoms with Gasteiger partial charge in [0, 0.05) is 37.6 Å². The lowest BCUT2D eigenvalue weighted by atomic mass is 9.99. The van der Waals surface area contributed by atoms with Crippen LogP contribution in [0.5, 0.6) is 0 Å². The van der Waals surface area contributed by atoms with Crippen LogP contribution in [0.1, 0.15) is 16.8 Å². The Morgan fingerprint density at radius 2 is 1.81 bits per heavy atom. The smallest absolute Gasteiger partial charge is 0.324 e. The van der Waals surface area contributed by atoms with E-state index in [9.17, 15) is 19.2 Å². The lowest BCUT2D eigenvalue weighted by Gasteiger charge is -2.22. The number of fused-ring (bicyclic) bond motifs is 1. The van der Waals surface area contributed by atoms with Gasteiger partial charge in [-0.25, -0.2) is 4.79 Å². The number of rotatable bonds is 1. The molecule has 0 aliphatic carbocycles. The molecule has 1 N–H and O–H groups in total. The zero-order valence-electron chi connectivity index (χ0n) is 14.5. The molecule has 2 saturated heterocycles. The van der Waals surface area contributed by atoms with Crippen LogP contribution in [0.3, 0.4) is 0 Å².